The third-order valence-electron chi connectivity index (χ3n) is 3.44. The molecule has 2 aromatic carbocycles. The average Bonchev–Trinajstić information content (AvgIpc) is 2.52. The van der Waals surface area contributed by atoms with Crippen molar-refractivity contribution in [3.8, 4) is 11.5 Å². The molecule has 1 amide bonds. The number of ether oxygens (including phenoxy) is 2. The molecule has 0 saturated heterocycles. The second-order valence-corrected chi connectivity index (χ2v) is 5.56. The van der Waals surface area contributed by atoms with Gasteiger partial charge in [0.2, 0.25) is 0 Å². The monoisotopic (exact) mass is 313 g/mol. The molecular formula is C19H23NO3. The van der Waals surface area contributed by atoms with Gasteiger partial charge in [0.05, 0.1) is 7.11 Å². The Morgan fingerprint density at radius 3 is 2.48 bits per heavy atom. The van der Waals surface area contributed by atoms with E-state index in [0.29, 0.717) is 6.54 Å². The lowest BCUT2D eigenvalue weighted by Gasteiger charge is -2.09. The molecule has 0 atom stereocenters. The van der Waals surface area contributed by atoms with Crippen molar-refractivity contribution >= 4 is 5.91 Å². The third kappa shape index (κ3) is 5.66. The first-order valence-electron chi connectivity index (χ1n) is 7.67. The molecule has 2 aromatic rings. The zero-order valence-corrected chi connectivity index (χ0v) is 13.9. The fraction of sp³-hybridized carbons (Fsp3) is 0.316. The van der Waals surface area contributed by atoms with Crippen LogP contribution in [0.15, 0.2) is 42.5 Å². The van der Waals surface area contributed by atoms with Crippen molar-refractivity contribution in [3.63, 3.8) is 0 Å². The van der Waals surface area contributed by atoms with Gasteiger partial charge in [-0.3, -0.25) is 4.79 Å². The summed E-state index contributed by atoms with van der Waals surface area (Å²) in [6.45, 7) is 4.62. The van der Waals surface area contributed by atoms with Crippen LogP contribution in [0, 0.1) is 13.8 Å². The Labute approximate surface area is 137 Å². The van der Waals surface area contributed by atoms with Crippen molar-refractivity contribution in [3.05, 3.63) is 59.2 Å². The van der Waals surface area contributed by atoms with Gasteiger partial charge in [-0.15, -0.1) is 0 Å². The first kappa shape index (κ1) is 16.9. The molecule has 0 aromatic heterocycles. The molecule has 4 heteroatoms. The minimum Gasteiger partial charge on any atom is -0.497 e. The summed E-state index contributed by atoms with van der Waals surface area (Å²) in [5.74, 6) is 1.43. The maximum Gasteiger partial charge on any atom is 0.257 e. The van der Waals surface area contributed by atoms with E-state index in [1.165, 1.54) is 0 Å². The van der Waals surface area contributed by atoms with Gasteiger partial charge in [-0.05, 0) is 61.2 Å². The number of carbonyl (C=O) groups is 1. The van der Waals surface area contributed by atoms with E-state index in [4.69, 9.17) is 9.47 Å². The molecule has 122 valence electrons. The Bertz CT molecular complexity index is 647. The van der Waals surface area contributed by atoms with Gasteiger partial charge in [0, 0.05) is 6.54 Å². The minimum atomic E-state index is -0.118. The van der Waals surface area contributed by atoms with Crippen molar-refractivity contribution in [2.75, 3.05) is 20.3 Å². The lowest BCUT2D eigenvalue weighted by atomic mass is 10.1. The smallest absolute Gasteiger partial charge is 0.257 e. The number of rotatable bonds is 7. The molecule has 23 heavy (non-hydrogen) atoms. The Balaban J connectivity index is 1.74. The van der Waals surface area contributed by atoms with E-state index in [0.717, 1.165) is 34.6 Å². The van der Waals surface area contributed by atoms with E-state index in [1.54, 1.807) is 7.11 Å². The minimum absolute atomic E-state index is 0.0288. The summed E-state index contributed by atoms with van der Waals surface area (Å²) in [5.41, 5.74) is 3.37. The fourth-order valence-corrected chi connectivity index (χ4v) is 2.39. The number of benzene rings is 2. The van der Waals surface area contributed by atoms with Crippen LogP contribution in [0.2, 0.25) is 0 Å². The largest absolute Gasteiger partial charge is 0.497 e. The van der Waals surface area contributed by atoms with Crippen molar-refractivity contribution in [1.82, 2.24) is 5.32 Å². The number of methoxy groups -OCH3 is 1. The highest BCUT2D eigenvalue weighted by Crippen LogP contribution is 2.16. The van der Waals surface area contributed by atoms with Crippen LogP contribution in [0.1, 0.15) is 16.7 Å². The zero-order chi connectivity index (χ0) is 16.7. The normalized spacial score (nSPS) is 10.2. The Kier molecular flexibility index (Phi) is 6.03. The van der Waals surface area contributed by atoms with Crippen LogP contribution in [-0.2, 0) is 11.2 Å². The molecule has 0 fully saturated rings. The maximum absolute atomic E-state index is 11.8. The summed E-state index contributed by atoms with van der Waals surface area (Å²) >= 11 is 0. The topological polar surface area (TPSA) is 47.6 Å². The highest BCUT2D eigenvalue weighted by molar-refractivity contribution is 5.77. The van der Waals surface area contributed by atoms with Gasteiger partial charge < -0.3 is 14.8 Å². The quantitative estimate of drug-likeness (QED) is 0.854. The van der Waals surface area contributed by atoms with Crippen LogP contribution < -0.4 is 14.8 Å². The number of amides is 1. The molecule has 0 unspecified atom stereocenters. The highest BCUT2D eigenvalue weighted by atomic mass is 16.5. The highest BCUT2D eigenvalue weighted by Gasteiger charge is 2.04. The van der Waals surface area contributed by atoms with Crippen LogP contribution >= 0.6 is 0 Å². The number of hydrogen-bond acceptors (Lipinski definition) is 3. The van der Waals surface area contributed by atoms with Crippen molar-refractivity contribution < 1.29 is 14.3 Å². The fourth-order valence-electron chi connectivity index (χ4n) is 2.39. The molecular weight excluding hydrogens is 290 g/mol. The molecule has 0 heterocycles. The van der Waals surface area contributed by atoms with E-state index in [1.807, 2.05) is 50.2 Å². The van der Waals surface area contributed by atoms with Crippen LogP contribution in [0.4, 0.5) is 0 Å². The molecule has 0 radical (unpaired) electrons. The average molecular weight is 313 g/mol. The molecule has 0 aliphatic carbocycles. The first-order chi connectivity index (χ1) is 11.1. The van der Waals surface area contributed by atoms with Crippen molar-refractivity contribution in [2.24, 2.45) is 0 Å². The second-order valence-electron chi connectivity index (χ2n) is 5.56. The Hall–Kier alpha value is -2.49. The summed E-state index contributed by atoms with van der Waals surface area (Å²) in [5, 5.41) is 2.86. The summed E-state index contributed by atoms with van der Waals surface area (Å²) in [6.07, 6.45) is 0.756. The lowest BCUT2D eigenvalue weighted by molar-refractivity contribution is -0.123. The van der Waals surface area contributed by atoms with Gasteiger partial charge >= 0.3 is 0 Å². The van der Waals surface area contributed by atoms with Gasteiger partial charge in [0.15, 0.2) is 6.61 Å². The number of hydrogen-bond donors (Lipinski definition) is 1. The van der Waals surface area contributed by atoms with Crippen molar-refractivity contribution in [2.45, 2.75) is 20.3 Å². The van der Waals surface area contributed by atoms with E-state index in [2.05, 4.69) is 11.4 Å². The van der Waals surface area contributed by atoms with E-state index in [9.17, 15) is 4.79 Å². The third-order valence-corrected chi connectivity index (χ3v) is 3.44. The van der Waals surface area contributed by atoms with Crippen molar-refractivity contribution in [1.29, 1.82) is 0 Å². The van der Waals surface area contributed by atoms with E-state index < -0.39 is 0 Å². The SMILES string of the molecule is COc1cccc(CCNC(=O)COc2cc(C)cc(C)c2)c1. The molecule has 2 rings (SSSR count). The predicted octanol–water partition coefficient (Wildman–Crippen LogP) is 3.05. The van der Waals surface area contributed by atoms with Crippen LogP contribution in [0.25, 0.3) is 0 Å². The molecule has 0 saturated carbocycles. The van der Waals surface area contributed by atoms with Crippen LogP contribution in [0.5, 0.6) is 11.5 Å². The number of aryl methyl sites for hydroxylation is 2. The Morgan fingerprint density at radius 1 is 1.04 bits per heavy atom. The summed E-state index contributed by atoms with van der Waals surface area (Å²) < 4.78 is 10.7. The van der Waals surface area contributed by atoms with Gasteiger partial charge in [0.1, 0.15) is 11.5 Å². The standard InChI is InChI=1S/C19H23NO3/c1-14-9-15(2)11-18(10-14)23-13-19(21)20-8-7-16-5-4-6-17(12-16)22-3/h4-6,9-12H,7-8,13H2,1-3H3,(H,20,21). The van der Waals surface area contributed by atoms with Crippen LogP contribution in [0.3, 0.4) is 0 Å². The van der Waals surface area contributed by atoms with Gasteiger partial charge in [-0.25, -0.2) is 0 Å². The molecule has 1 N–H and O–H groups in total. The molecule has 4 nitrogen and oxygen atoms in total. The first-order valence-corrected chi connectivity index (χ1v) is 7.67. The Morgan fingerprint density at radius 2 is 1.78 bits per heavy atom. The summed E-state index contributed by atoms with van der Waals surface area (Å²) in [6, 6.07) is 13.8. The van der Waals surface area contributed by atoms with Gasteiger partial charge in [-0.2, -0.15) is 0 Å². The van der Waals surface area contributed by atoms with E-state index >= 15 is 0 Å². The van der Waals surface area contributed by atoms with Gasteiger partial charge in [0.25, 0.3) is 5.91 Å². The summed E-state index contributed by atoms with van der Waals surface area (Å²) in [7, 11) is 1.64. The maximum atomic E-state index is 11.8. The summed E-state index contributed by atoms with van der Waals surface area (Å²) in [4.78, 5) is 11.8. The predicted molar refractivity (Wildman–Crippen MR) is 91.1 cm³/mol. The lowest BCUT2D eigenvalue weighted by Crippen LogP contribution is -2.30. The molecule has 0 bridgehead atoms. The van der Waals surface area contributed by atoms with E-state index in [-0.39, 0.29) is 12.5 Å². The zero-order valence-electron chi connectivity index (χ0n) is 13.9. The van der Waals surface area contributed by atoms with Gasteiger partial charge in [-0.1, -0.05) is 18.2 Å². The number of nitrogens with one attached hydrogen (secondary N) is 1. The van der Waals surface area contributed by atoms with Crippen LogP contribution in [-0.4, -0.2) is 26.2 Å². The molecule has 0 aliphatic rings. The number of carbonyl (C=O) groups excluding carboxylic acids is 1. The molecule has 0 spiro atoms. The second kappa shape index (κ2) is 8.22. The molecule has 0 aliphatic heterocycles.